The van der Waals surface area contributed by atoms with Crippen LogP contribution in [-0.4, -0.2) is 40.4 Å². The molecule has 2 heterocycles. The lowest BCUT2D eigenvalue weighted by molar-refractivity contribution is 0.204. The van der Waals surface area contributed by atoms with Gasteiger partial charge in [-0.1, -0.05) is 36.2 Å². The van der Waals surface area contributed by atoms with Gasteiger partial charge in [0.2, 0.25) is 0 Å². The van der Waals surface area contributed by atoms with Crippen molar-refractivity contribution in [2.24, 2.45) is 0 Å². The Morgan fingerprint density at radius 1 is 0.909 bits per heavy atom. The third-order valence-corrected chi connectivity index (χ3v) is 7.05. The van der Waals surface area contributed by atoms with E-state index in [1.807, 2.05) is 24.5 Å². The first-order valence-electron chi connectivity index (χ1n) is 11.8. The first-order valence-corrected chi connectivity index (χ1v) is 12.9. The Morgan fingerprint density at radius 3 is 2.45 bits per heavy atom. The molecule has 33 heavy (non-hydrogen) atoms. The Hall–Kier alpha value is -2.05. The van der Waals surface area contributed by atoms with Crippen molar-refractivity contribution in [1.82, 2.24) is 14.2 Å². The maximum absolute atomic E-state index is 6.26. The van der Waals surface area contributed by atoms with E-state index < -0.39 is 0 Å². The summed E-state index contributed by atoms with van der Waals surface area (Å²) in [7, 11) is 0. The minimum absolute atomic E-state index is 0.752. The van der Waals surface area contributed by atoms with E-state index in [4.69, 9.17) is 16.3 Å². The second kappa shape index (κ2) is 13.0. The third kappa shape index (κ3) is 8.04. The fourth-order valence-corrected chi connectivity index (χ4v) is 5.17. The van der Waals surface area contributed by atoms with E-state index in [2.05, 4.69) is 62.7 Å². The molecular formula is C27H32ClN3OS. The van der Waals surface area contributed by atoms with Gasteiger partial charge < -0.3 is 9.64 Å². The molecule has 4 nitrogen and oxygen atoms in total. The van der Waals surface area contributed by atoms with Gasteiger partial charge in [-0.25, -0.2) is 4.31 Å². The van der Waals surface area contributed by atoms with Gasteiger partial charge in [0, 0.05) is 47.5 Å². The average Bonchev–Trinajstić information content (AvgIpc) is 2.85. The number of rotatable bonds is 11. The Balaban J connectivity index is 1.39. The second-order valence-corrected chi connectivity index (χ2v) is 10.0. The third-order valence-electron chi connectivity index (χ3n) is 5.80. The zero-order valence-corrected chi connectivity index (χ0v) is 20.6. The number of hydrogen-bond acceptors (Lipinski definition) is 5. The highest BCUT2D eigenvalue weighted by molar-refractivity contribution is 7.97. The van der Waals surface area contributed by atoms with Crippen LogP contribution >= 0.6 is 23.5 Å². The standard InChI is InChI=1S/C27H32ClN3OS/c28-25-9-11-26(12-10-25)33-31(21-23-13-15-29-16-14-23)22-24-7-2-3-8-27(24)32-20-6-19-30-17-4-1-5-18-30/h2-3,7-16H,1,4-6,17-22H2. The molecule has 0 aliphatic carbocycles. The van der Waals surface area contributed by atoms with Crippen LogP contribution in [0.4, 0.5) is 0 Å². The molecule has 174 valence electrons. The molecule has 3 aromatic rings. The van der Waals surface area contributed by atoms with Crippen LogP contribution in [0.15, 0.2) is 78.0 Å². The van der Waals surface area contributed by atoms with Gasteiger partial charge >= 0.3 is 0 Å². The maximum Gasteiger partial charge on any atom is 0.123 e. The van der Waals surface area contributed by atoms with Gasteiger partial charge in [-0.05, 0) is 92.3 Å². The maximum atomic E-state index is 6.26. The predicted molar refractivity (Wildman–Crippen MR) is 138 cm³/mol. The molecule has 0 unspecified atom stereocenters. The lowest BCUT2D eigenvalue weighted by atomic mass is 10.1. The summed E-state index contributed by atoms with van der Waals surface area (Å²) in [6.45, 7) is 5.94. The second-order valence-electron chi connectivity index (χ2n) is 8.41. The molecule has 0 spiro atoms. The van der Waals surface area contributed by atoms with E-state index in [1.165, 1.54) is 43.5 Å². The molecule has 6 heteroatoms. The van der Waals surface area contributed by atoms with Crippen molar-refractivity contribution in [3.63, 3.8) is 0 Å². The van der Waals surface area contributed by atoms with E-state index in [0.717, 1.165) is 48.3 Å². The largest absolute Gasteiger partial charge is 0.493 e. The van der Waals surface area contributed by atoms with Crippen molar-refractivity contribution < 1.29 is 4.74 Å². The van der Waals surface area contributed by atoms with E-state index in [9.17, 15) is 0 Å². The topological polar surface area (TPSA) is 28.6 Å². The van der Waals surface area contributed by atoms with Gasteiger partial charge in [0.25, 0.3) is 0 Å². The molecule has 0 radical (unpaired) electrons. The summed E-state index contributed by atoms with van der Waals surface area (Å²) in [5.74, 6) is 0.979. The molecular weight excluding hydrogens is 450 g/mol. The number of para-hydroxylation sites is 1. The van der Waals surface area contributed by atoms with Gasteiger partial charge in [0.15, 0.2) is 0 Å². The van der Waals surface area contributed by atoms with E-state index in [-0.39, 0.29) is 0 Å². The Labute approximate surface area is 207 Å². The number of ether oxygens (including phenoxy) is 1. The van der Waals surface area contributed by atoms with Gasteiger partial charge in [0.1, 0.15) is 5.75 Å². The van der Waals surface area contributed by atoms with Gasteiger partial charge in [-0.2, -0.15) is 0 Å². The zero-order valence-electron chi connectivity index (χ0n) is 19.0. The smallest absolute Gasteiger partial charge is 0.123 e. The molecule has 0 atom stereocenters. The van der Waals surface area contributed by atoms with Gasteiger partial charge in [0.05, 0.1) is 6.61 Å². The number of hydrogen-bond donors (Lipinski definition) is 0. The Bertz CT molecular complexity index is 965. The summed E-state index contributed by atoms with van der Waals surface area (Å²) < 4.78 is 8.61. The van der Waals surface area contributed by atoms with Crippen molar-refractivity contribution in [3.05, 3.63) is 89.2 Å². The number of pyridine rings is 1. The summed E-state index contributed by atoms with van der Waals surface area (Å²) in [6, 6.07) is 20.6. The molecule has 1 saturated heterocycles. The van der Waals surface area contributed by atoms with Crippen LogP contribution in [0.25, 0.3) is 0 Å². The van der Waals surface area contributed by atoms with Crippen LogP contribution in [0.5, 0.6) is 5.75 Å². The number of aromatic nitrogens is 1. The minimum atomic E-state index is 0.752. The van der Waals surface area contributed by atoms with E-state index >= 15 is 0 Å². The van der Waals surface area contributed by atoms with Crippen molar-refractivity contribution in [2.75, 3.05) is 26.2 Å². The molecule has 0 saturated carbocycles. The van der Waals surface area contributed by atoms with Crippen LogP contribution in [0.3, 0.4) is 0 Å². The Kier molecular flexibility index (Phi) is 9.48. The molecule has 1 fully saturated rings. The molecule has 1 aliphatic rings. The first-order chi connectivity index (χ1) is 16.3. The number of nitrogens with zero attached hydrogens (tertiary/aromatic N) is 3. The summed E-state index contributed by atoms with van der Waals surface area (Å²) in [4.78, 5) is 7.88. The van der Waals surface area contributed by atoms with Crippen LogP contribution in [-0.2, 0) is 13.1 Å². The van der Waals surface area contributed by atoms with Crippen LogP contribution in [0.1, 0.15) is 36.8 Å². The number of likely N-dealkylation sites (tertiary alicyclic amines) is 1. The lowest BCUT2D eigenvalue weighted by Gasteiger charge is -2.26. The van der Waals surface area contributed by atoms with Crippen molar-refractivity contribution in [3.8, 4) is 5.75 Å². The highest BCUT2D eigenvalue weighted by atomic mass is 35.5. The van der Waals surface area contributed by atoms with E-state index in [1.54, 1.807) is 11.9 Å². The molecule has 4 rings (SSSR count). The SMILES string of the molecule is Clc1ccc(SN(Cc2ccncc2)Cc2ccccc2OCCCN2CCCCC2)cc1. The molecule has 0 N–H and O–H groups in total. The van der Waals surface area contributed by atoms with Crippen LogP contribution < -0.4 is 4.74 Å². The molecule has 1 aliphatic heterocycles. The van der Waals surface area contributed by atoms with Crippen molar-refractivity contribution in [1.29, 1.82) is 0 Å². The molecule has 2 aromatic carbocycles. The number of piperidine rings is 1. The summed E-state index contributed by atoms with van der Waals surface area (Å²) in [5.41, 5.74) is 2.43. The number of halogens is 1. The number of benzene rings is 2. The quantitative estimate of drug-likeness (QED) is 0.224. The fraction of sp³-hybridized carbons (Fsp3) is 0.370. The van der Waals surface area contributed by atoms with Crippen LogP contribution in [0, 0.1) is 0 Å². The highest BCUT2D eigenvalue weighted by Gasteiger charge is 2.14. The summed E-state index contributed by atoms with van der Waals surface area (Å²) in [5, 5.41) is 0.753. The normalized spacial score (nSPS) is 14.5. The molecule has 0 bridgehead atoms. The molecule has 1 aromatic heterocycles. The monoisotopic (exact) mass is 481 g/mol. The van der Waals surface area contributed by atoms with Crippen molar-refractivity contribution >= 4 is 23.5 Å². The van der Waals surface area contributed by atoms with Crippen molar-refractivity contribution in [2.45, 2.75) is 43.7 Å². The first kappa shape index (κ1) is 24.1. The minimum Gasteiger partial charge on any atom is -0.493 e. The lowest BCUT2D eigenvalue weighted by Crippen LogP contribution is -2.31. The fourth-order valence-electron chi connectivity index (χ4n) is 4.08. The van der Waals surface area contributed by atoms with Gasteiger partial charge in [-0.15, -0.1) is 0 Å². The van der Waals surface area contributed by atoms with Crippen LogP contribution in [0.2, 0.25) is 5.02 Å². The summed E-state index contributed by atoms with van der Waals surface area (Å²) >= 11 is 7.82. The predicted octanol–water partition coefficient (Wildman–Crippen LogP) is 6.70. The van der Waals surface area contributed by atoms with E-state index in [0.29, 0.717) is 0 Å². The zero-order chi connectivity index (χ0) is 22.7. The average molecular weight is 482 g/mol. The Morgan fingerprint density at radius 2 is 1.67 bits per heavy atom. The molecule has 0 amide bonds. The highest BCUT2D eigenvalue weighted by Crippen LogP contribution is 2.30. The van der Waals surface area contributed by atoms with Gasteiger partial charge in [-0.3, -0.25) is 4.98 Å². The summed E-state index contributed by atoms with van der Waals surface area (Å²) in [6.07, 6.45) is 8.81.